The van der Waals surface area contributed by atoms with Crippen molar-refractivity contribution in [3.8, 4) is 0 Å². The van der Waals surface area contributed by atoms with Crippen LogP contribution in [0.2, 0.25) is 0 Å². The van der Waals surface area contributed by atoms with Crippen LogP contribution in [0, 0.1) is 5.92 Å². The number of alkyl halides is 3. The lowest BCUT2D eigenvalue weighted by Gasteiger charge is -2.19. The number of halogens is 3. The van der Waals surface area contributed by atoms with Gasteiger partial charge in [0.15, 0.2) is 5.84 Å². The molecule has 0 aromatic rings. The van der Waals surface area contributed by atoms with Crippen LogP contribution in [0.4, 0.5) is 13.2 Å². The van der Waals surface area contributed by atoms with Crippen LogP contribution in [0.15, 0.2) is 5.16 Å². The fourth-order valence-corrected chi connectivity index (χ4v) is 1.50. The van der Waals surface area contributed by atoms with Crippen LogP contribution in [0.3, 0.4) is 0 Å². The molecule has 0 radical (unpaired) electrons. The van der Waals surface area contributed by atoms with E-state index in [9.17, 15) is 21.6 Å². The van der Waals surface area contributed by atoms with Gasteiger partial charge in [-0.2, -0.15) is 13.2 Å². The minimum absolute atomic E-state index is 0.0155. The average molecular weight is 292 g/mol. The quantitative estimate of drug-likeness (QED) is 0.159. The first-order valence-corrected chi connectivity index (χ1v) is 6.66. The molecule has 11 heteroatoms. The molecule has 0 amide bonds. The molecule has 0 aliphatic carbocycles. The van der Waals surface area contributed by atoms with Crippen molar-refractivity contribution in [3.05, 3.63) is 0 Å². The van der Waals surface area contributed by atoms with Crippen LogP contribution in [0.25, 0.3) is 0 Å². The van der Waals surface area contributed by atoms with E-state index in [0.717, 1.165) is 6.26 Å². The third-order valence-corrected chi connectivity index (χ3v) is 2.61. The van der Waals surface area contributed by atoms with Gasteiger partial charge in [0.25, 0.3) is 0 Å². The molecule has 7 nitrogen and oxygen atoms in total. The number of rotatable bonds is 7. The first-order chi connectivity index (χ1) is 8.08. The second kappa shape index (κ2) is 6.75. The highest BCUT2D eigenvalue weighted by atomic mass is 32.2. The number of nitrogens with zero attached hydrogens (tertiary/aromatic N) is 1. The molecule has 0 rings (SSSR count). The highest BCUT2D eigenvalue weighted by Gasteiger charge is 2.42. The monoisotopic (exact) mass is 292 g/mol. The van der Waals surface area contributed by atoms with Crippen LogP contribution in [-0.2, 0) is 10.0 Å². The molecule has 0 spiro atoms. The average Bonchev–Trinajstić information content (AvgIpc) is 2.18. The summed E-state index contributed by atoms with van der Waals surface area (Å²) in [5.74, 6) is -3.08. The SMILES string of the molecule is CS(=O)(=O)NCCNCC(C(N)=NO)C(F)(F)F. The second-order valence-corrected chi connectivity index (χ2v) is 5.32. The van der Waals surface area contributed by atoms with Crippen molar-refractivity contribution in [2.24, 2.45) is 16.8 Å². The predicted molar refractivity (Wildman–Crippen MR) is 58.7 cm³/mol. The van der Waals surface area contributed by atoms with Crippen molar-refractivity contribution in [3.63, 3.8) is 0 Å². The lowest BCUT2D eigenvalue weighted by Crippen LogP contribution is -2.44. The van der Waals surface area contributed by atoms with Crippen LogP contribution in [0.1, 0.15) is 0 Å². The van der Waals surface area contributed by atoms with Gasteiger partial charge >= 0.3 is 6.18 Å². The molecule has 1 unspecified atom stereocenters. The minimum Gasteiger partial charge on any atom is -0.409 e. The van der Waals surface area contributed by atoms with Gasteiger partial charge < -0.3 is 16.3 Å². The summed E-state index contributed by atoms with van der Waals surface area (Å²) in [4.78, 5) is 0. The zero-order valence-corrected chi connectivity index (χ0v) is 10.3. The van der Waals surface area contributed by atoms with E-state index in [1.54, 1.807) is 0 Å². The smallest absolute Gasteiger partial charge is 0.400 e. The third-order valence-electron chi connectivity index (χ3n) is 1.88. The van der Waals surface area contributed by atoms with Crippen LogP contribution < -0.4 is 15.8 Å². The number of nitrogens with one attached hydrogen (secondary N) is 2. The Hall–Kier alpha value is -1.07. The van der Waals surface area contributed by atoms with Crippen molar-refractivity contribution < 1.29 is 26.8 Å². The summed E-state index contributed by atoms with van der Waals surface area (Å²) in [6.07, 6.45) is -3.71. The van der Waals surface area contributed by atoms with Crippen molar-refractivity contribution in [2.45, 2.75) is 6.18 Å². The maximum Gasteiger partial charge on any atom is 0.400 e. The number of hydrogen-bond acceptors (Lipinski definition) is 5. The Morgan fingerprint density at radius 1 is 1.44 bits per heavy atom. The molecule has 108 valence electrons. The zero-order valence-electron chi connectivity index (χ0n) is 9.53. The van der Waals surface area contributed by atoms with Crippen molar-refractivity contribution in [1.82, 2.24) is 10.0 Å². The topological polar surface area (TPSA) is 117 Å². The molecule has 0 fully saturated rings. The molecular formula is C7H15F3N4O3S. The standard InChI is InChI=1S/C7H15F3N4O3S/c1-18(16,17)13-3-2-12-4-5(6(11)14-15)7(8,9)10/h5,12-13,15H,2-4H2,1H3,(H2,11,14). The summed E-state index contributed by atoms with van der Waals surface area (Å²) in [5.41, 5.74) is 4.92. The maximum absolute atomic E-state index is 12.4. The van der Waals surface area contributed by atoms with Crippen molar-refractivity contribution >= 4 is 15.9 Å². The van der Waals surface area contributed by atoms with Crippen molar-refractivity contribution in [1.29, 1.82) is 0 Å². The summed E-state index contributed by atoms with van der Waals surface area (Å²) in [5, 5.41) is 12.9. The summed E-state index contributed by atoms with van der Waals surface area (Å²) >= 11 is 0. The largest absolute Gasteiger partial charge is 0.409 e. The Morgan fingerprint density at radius 3 is 2.39 bits per heavy atom. The summed E-state index contributed by atoms with van der Waals surface area (Å²) in [6, 6.07) is 0. The first kappa shape index (κ1) is 16.9. The third kappa shape index (κ3) is 7.29. The Balaban J connectivity index is 4.15. The first-order valence-electron chi connectivity index (χ1n) is 4.77. The van der Waals surface area contributed by atoms with Gasteiger partial charge in [-0.3, -0.25) is 0 Å². The molecule has 1 atom stereocenters. The van der Waals surface area contributed by atoms with E-state index in [1.165, 1.54) is 0 Å². The normalized spacial score (nSPS) is 15.7. The predicted octanol–water partition coefficient (Wildman–Crippen LogP) is -0.950. The molecule has 0 saturated carbocycles. The number of nitrogens with two attached hydrogens (primary N) is 1. The molecule has 0 aliphatic rings. The van der Waals surface area contributed by atoms with Gasteiger partial charge in [0, 0.05) is 19.6 Å². The van der Waals surface area contributed by atoms with E-state index in [2.05, 4.69) is 15.2 Å². The number of sulfonamides is 1. The molecule has 0 heterocycles. The highest BCUT2D eigenvalue weighted by molar-refractivity contribution is 7.88. The molecule has 5 N–H and O–H groups in total. The minimum atomic E-state index is -4.65. The van der Waals surface area contributed by atoms with E-state index in [1.807, 2.05) is 0 Å². The van der Waals surface area contributed by atoms with Crippen LogP contribution >= 0.6 is 0 Å². The summed E-state index contributed by atoms with van der Waals surface area (Å²) in [6.45, 7) is -0.678. The van der Waals surface area contributed by atoms with E-state index >= 15 is 0 Å². The van der Waals surface area contributed by atoms with E-state index in [0.29, 0.717) is 0 Å². The molecule has 18 heavy (non-hydrogen) atoms. The van der Waals surface area contributed by atoms with Gasteiger partial charge in [-0.25, -0.2) is 13.1 Å². The number of amidine groups is 1. The van der Waals surface area contributed by atoms with Gasteiger partial charge in [0.2, 0.25) is 10.0 Å². The molecule has 0 aliphatic heterocycles. The fourth-order valence-electron chi connectivity index (χ4n) is 1.03. The van der Waals surface area contributed by atoms with E-state index < -0.39 is 34.5 Å². The van der Waals surface area contributed by atoms with Gasteiger partial charge in [-0.05, 0) is 0 Å². The van der Waals surface area contributed by atoms with Gasteiger partial charge in [0.05, 0.1) is 6.26 Å². The zero-order chi connectivity index (χ0) is 14.4. The van der Waals surface area contributed by atoms with Gasteiger partial charge in [0.1, 0.15) is 5.92 Å². The summed E-state index contributed by atoms with van der Waals surface area (Å²) < 4.78 is 60.7. The fraction of sp³-hybridized carbons (Fsp3) is 0.857. The molecule has 0 bridgehead atoms. The molecule has 0 saturated heterocycles. The van der Waals surface area contributed by atoms with Crippen LogP contribution in [-0.4, -0.2) is 51.5 Å². The van der Waals surface area contributed by atoms with Gasteiger partial charge in [-0.15, -0.1) is 0 Å². The van der Waals surface area contributed by atoms with E-state index in [-0.39, 0.29) is 13.1 Å². The molecular weight excluding hydrogens is 277 g/mol. The maximum atomic E-state index is 12.4. The number of oxime groups is 1. The second-order valence-electron chi connectivity index (χ2n) is 3.49. The molecule has 0 aromatic carbocycles. The van der Waals surface area contributed by atoms with E-state index in [4.69, 9.17) is 10.9 Å². The Kier molecular flexibility index (Phi) is 6.35. The lowest BCUT2D eigenvalue weighted by atomic mass is 10.1. The molecule has 0 aromatic heterocycles. The Morgan fingerprint density at radius 2 is 2.00 bits per heavy atom. The van der Waals surface area contributed by atoms with Crippen molar-refractivity contribution in [2.75, 3.05) is 25.9 Å². The van der Waals surface area contributed by atoms with Gasteiger partial charge in [-0.1, -0.05) is 5.16 Å². The Labute approximate surface area is 102 Å². The summed E-state index contributed by atoms with van der Waals surface area (Å²) in [7, 11) is -3.37. The number of hydrogen-bond donors (Lipinski definition) is 4. The lowest BCUT2D eigenvalue weighted by molar-refractivity contribution is -0.154. The van der Waals surface area contributed by atoms with Crippen LogP contribution in [0.5, 0.6) is 0 Å². The Bertz CT molecular complexity index is 382. The highest BCUT2D eigenvalue weighted by Crippen LogP contribution is 2.25.